The van der Waals surface area contributed by atoms with Gasteiger partial charge in [0.15, 0.2) is 0 Å². The first-order valence-electron chi connectivity index (χ1n) is 9.51. The standard InChI is InChI=1S/C20H26F3N5O/c1-26(2)19-24-11-10-18(25-19)27(3)16-5-4-12-28(14-16)13-15-6-8-17(9-7-15)29-20(21,22)23/h6-11,16H,4-5,12-14H2,1-3H3. The minimum atomic E-state index is -4.67. The number of halogens is 3. The van der Waals surface area contributed by atoms with Crippen LogP contribution in [0, 0.1) is 0 Å². The predicted octanol–water partition coefficient (Wildman–Crippen LogP) is 3.54. The van der Waals surface area contributed by atoms with E-state index in [1.165, 1.54) is 12.1 Å². The van der Waals surface area contributed by atoms with Crippen LogP contribution in [0.3, 0.4) is 0 Å². The number of likely N-dealkylation sites (N-methyl/N-ethyl adjacent to an activating group) is 1. The molecule has 2 aromatic rings. The Kier molecular flexibility index (Phi) is 6.46. The van der Waals surface area contributed by atoms with Gasteiger partial charge >= 0.3 is 6.36 Å². The van der Waals surface area contributed by atoms with E-state index >= 15 is 0 Å². The van der Waals surface area contributed by atoms with E-state index in [1.54, 1.807) is 18.3 Å². The molecule has 1 saturated heterocycles. The normalized spacial score (nSPS) is 17.8. The monoisotopic (exact) mass is 409 g/mol. The summed E-state index contributed by atoms with van der Waals surface area (Å²) in [6, 6.07) is 8.30. The van der Waals surface area contributed by atoms with Gasteiger partial charge in [-0.2, -0.15) is 4.98 Å². The van der Waals surface area contributed by atoms with Crippen LogP contribution >= 0.6 is 0 Å². The number of anilines is 2. The summed E-state index contributed by atoms with van der Waals surface area (Å²) in [6.07, 6.45) is -0.790. The van der Waals surface area contributed by atoms with Crippen molar-refractivity contribution in [2.45, 2.75) is 31.8 Å². The van der Waals surface area contributed by atoms with E-state index in [1.807, 2.05) is 32.1 Å². The molecule has 0 radical (unpaired) electrons. The Bertz CT molecular complexity index is 797. The molecule has 1 fully saturated rings. The summed E-state index contributed by atoms with van der Waals surface area (Å²) in [6.45, 7) is 2.50. The van der Waals surface area contributed by atoms with Crippen LogP contribution in [0.5, 0.6) is 5.75 Å². The zero-order chi connectivity index (χ0) is 21.0. The van der Waals surface area contributed by atoms with Gasteiger partial charge in [0.1, 0.15) is 11.6 Å². The van der Waals surface area contributed by atoms with Crippen LogP contribution < -0.4 is 14.5 Å². The SMILES string of the molecule is CN(C)c1nccc(N(C)C2CCCN(Cc3ccc(OC(F)(F)F)cc3)C2)n1. The van der Waals surface area contributed by atoms with E-state index in [9.17, 15) is 13.2 Å². The van der Waals surface area contributed by atoms with E-state index in [-0.39, 0.29) is 5.75 Å². The molecule has 0 spiro atoms. The van der Waals surface area contributed by atoms with Gasteiger partial charge in [0.25, 0.3) is 0 Å². The quantitative estimate of drug-likeness (QED) is 0.727. The molecule has 6 nitrogen and oxygen atoms in total. The summed E-state index contributed by atoms with van der Waals surface area (Å²) in [4.78, 5) is 15.2. The van der Waals surface area contributed by atoms with E-state index in [4.69, 9.17) is 0 Å². The fourth-order valence-corrected chi connectivity index (χ4v) is 3.48. The van der Waals surface area contributed by atoms with E-state index < -0.39 is 6.36 Å². The summed E-state index contributed by atoms with van der Waals surface area (Å²) in [5.41, 5.74) is 0.958. The fourth-order valence-electron chi connectivity index (χ4n) is 3.48. The molecule has 1 unspecified atom stereocenters. The fraction of sp³-hybridized carbons (Fsp3) is 0.500. The molecule has 2 heterocycles. The maximum atomic E-state index is 12.3. The maximum absolute atomic E-state index is 12.3. The number of hydrogen-bond acceptors (Lipinski definition) is 6. The molecule has 0 bridgehead atoms. The first kappa shape index (κ1) is 21.2. The summed E-state index contributed by atoms with van der Waals surface area (Å²) in [7, 11) is 5.86. The van der Waals surface area contributed by atoms with Crippen LogP contribution in [0.25, 0.3) is 0 Å². The first-order valence-corrected chi connectivity index (χ1v) is 9.51. The van der Waals surface area contributed by atoms with E-state index in [2.05, 4.69) is 24.5 Å². The molecule has 1 aromatic heterocycles. The highest BCUT2D eigenvalue weighted by molar-refractivity contribution is 5.43. The highest BCUT2D eigenvalue weighted by Gasteiger charge is 2.31. The van der Waals surface area contributed by atoms with Crippen molar-refractivity contribution in [3.8, 4) is 5.75 Å². The van der Waals surface area contributed by atoms with Crippen molar-refractivity contribution >= 4 is 11.8 Å². The van der Waals surface area contributed by atoms with E-state index in [0.29, 0.717) is 18.5 Å². The molecule has 9 heteroatoms. The Balaban J connectivity index is 1.61. The van der Waals surface area contributed by atoms with Crippen LogP contribution in [-0.2, 0) is 6.54 Å². The van der Waals surface area contributed by atoms with Crippen molar-refractivity contribution in [3.05, 3.63) is 42.1 Å². The van der Waals surface area contributed by atoms with Crippen molar-refractivity contribution in [2.75, 3.05) is 44.0 Å². The summed E-state index contributed by atoms with van der Waals surface area (Å²) in [5, 5.41) is 0. The molecule has 1 atom stereocenters. The number of alkyl halides is 3. The third-order valence-electron chi connectivity index (χ3n) is 4.98. The van der Waals surface area contributed by atoms with Gasteiger partial charge < -0.3 is 14.5 Å². The Hall–Kier alpha value is -2.55. The summed E-state index contributed by atoms with van der Waals surface area (Å²) >= 11 is 0. The van der Waals surface area contributed by atoms with Crippen LogP contribution in [-0.4, -0.2) is 61.5 Å². The second kappa shape index (κ2) is 8.86. The highest BCUT2D eigenvalue weighted by Crippen LogP contribution is 2.25. The van der Waals surface area contributed by atoms with Gasteiger partial charge in [-0.3, -0.25) is 4.90 Å². The zero-order valence-corrected chi connectivity index (χ0v) is 16.9. The van der Waals surface area contributed by atoms with Crippen molar-refractivity contribution < 1.29 is 17.9 Å². The molecular formula is C20H26F3N5O. The van der Waals surface area contributed by atoms with Crippen molar-refractivity contribution in [2.24, 2.45) is 0 Å². The van der Waals surface area contributed by atoms with Crippen LogP contribution in [0.1, 0.15) is 18.4 Å². The minimum absolute atomic E-state index is 0.196. The highest BCUT2D eigenvalue weighted by atomic mass is 19.4. The lowest BCUT2D eigenvalue weighted by atomic mass is 10.0. The van der Waals surface area contributed by atoms with E-state index in [0.717, 1.165) is 37.3 Å². The summed E-state index contributed by atoms with van der Waals surface area (Å²) < 4.78 is 40.8. The molecule has 0 aliphatic carbocycles. The minimum Gasteiger partial charge on any atom is -0.406 e. The lowest BCUT2D eigenvalue weighted by Crippen LogP contribution is -2.46. The number of hydrogen-bond donors (Lipinski definition) is 0. The number of piperidine rings is 1. The van der Waals surface area contributed by atoms with Gasteiger partial charge in [-0.1, -0.05) is 12.1 Å². The number of aromatic nitrogens is 2. The third-order valence-corrected chi connectivity index (χ3v) is 4.98. The first-order chi connectivity index (χ1) is 13.7. The number of benzene rings is 1. The molecule has 1 aromatic carbocycles. The Labute approximate surface area is 168 Å². The average molecular weight is 409 g/mol. The lowest BCUT2D eigenvalue weighted by Gasteiger charge is -2.38. The van der Waals surface area contributed by atoms with Gasteiger partial charge in [-0.25, -0.2) is 4.98 Å². The van der Waals surface area contributed by atoms with Crippen LogP contribution in [0.15, 0.2) is 36.5 Å². The summed E-state index contributed by atoms with van der Waals surface area (Å²) in [5.74, 6) is 1.35. The molecule has 29 heavy (non-hydrogen) atoms. The second-order valence-corrected chi connectivity index (χ2v) is 7.44. The van der Waals surface area contributed by atoms with Crippen LogP contribution in [0.2, 0.25) is 0 Å². The van der Waals surface area contributed by atoms with Gasteiger partial charge in [0.2, 0.25) is 5.95 Å². The largest absolute Gasteiger partial charge is 0.573 e. The zero-order valence-electron chi connectivity index (χ0n) is 16.9. The number of likely N-dealkylation sites (tertiary alicyclic amines) is 1. The molecule has 3 rings (SSSR count). The number of nitrogens with zero attached hydrogens (tertiary/aromatic N) is 5. The Morgan fingerprint density at radius 1 is 1.14 bits per heavy atom. The van der Waals surface area contributed by atoms with Crippen molar-refractivity contribution in [1.29, 1.82) is 0 Å². The molecule has 0 N–H and O–H groups in total. The third kappa shape index (κ3) is 5.96. The van der Waals surface area contributed by atoms with Gasteiger partial charge in [0.05, 0.1) is 0 Å². The van der Waals surface area contributed by atoms with Crippen molar-refractivity contribution in [3.63, 3.8) is 0 Å². The molecule has 0 amide bonds. The molecule has 158 valence electrons. The van der Waals surface area contributed by atoms with Gasteiger partial charge in [-0.15, -0.1) is 13.2 Å². The Morgan fingerprint density at radius 3 is 2.52 bits per heavy atom. The van der Waals surface area contributed by atoms with Crippen LogP contribution in [0.4, 0.5) is 24.9 Å². The maximum Gasteiger partial charge on any atom is 0.573 e. The topological polar surface area (TPSA) is 44.7 Å². The number of ether oxygens (including phenoxy) is 1. The predicted molar refractivity (Wildman–Crippen MR) is 106 cm³/mol. The Morgan fingerprint density at radius 2 is 1.86 bits per heavy atom. The lowest BCUT2D eigenvalue weighted by molar-refractivity contribution is -0.274. The molecule has 1 aliphatic heterocycles. The van der Waals surface area contributed by atoms with Gasteiger partial charge in [-0.05, 0) is 43.1 Å². The molecule has 0 saturated carbocycles. The average Bonchev–Trinajstić information content (AvgIpc) is 2.68. The van der Waals surface area contributed by atoms with Gasteiger partial charge in [0, 0.05) is 46.5 Å². The van der Waals surface area contributed by atoms with Crippen molar-refractivity contribution in [1.82, 2.24) is 14.9 Å². The molecular weight excluding hydrogens is 383 g/mol. The number of rotatable bonds is 6. The molecule has 1 aliphatic rings. The second-order valence-electron chi connectivity index (χ2n) is 7.44. The smallest absolute Gasteiger partial charge is 0.406 e.